The molecule has 0 atom stereocenters. The molecule has 28 heavy (non-hydrogen) atoms. The second kappa shape index (κ2) is 7.12. The average Bonchev–Trinajstić information content (AvgIpc) is 3.31. The molecule has 2 aromatic heterocycles. The number of halogens is 1. The van der Waals surface area contributed by atoms with Gasteiger partial charge in [-0.2, -0.15) is 15.5 Å². The Morgan fingerprint density at radius 1 is 1.11 bits per heavy atom. The van der Waals surface area contributed by atoms with Crippen LogP contribution in [0.2, 0.25) is 0 Å². The number of aryl methyl sites for hydroxylation is 1. The van der Waals surface area contributed by atoms with Crippen molar-refractivity contribution in [3.05, 3.63) is 89.3 Å². The fourth-order valence-corrected chi connectivity index (χ4v) is 3.38. The Hall–Kier alpha value is -3.72. The van der Waals surface area contributed by atoms with Crippen LogP contribution in [0.3, 0.4) is 0 Å². The first kappa shape index (κ1) is 17.7. The Morgan fingerprint density at radius 3 is 2.54 bits per heavy atom. The molecule has 0 N–H and O–H groups in total. The molecule has 0 aliphatic carbocycles. The molecule has 0 bridgehead atoms. The third-order valence-corrected chi connectivity index (χ3v) is 4.80. The smallest absolute Gasteiger partial charge is 0.141 e. The maximum absolute atomic E-state index is 14.1. The molecule has 0 saturated heterocycles. The number of benzene rings is 2. The molecule has 0 amide bonds. The maximum atomic E-state index is 14.1. The van der Waals surface area contributed by atoms with Crippen molar-refractivity contribution in [2.75, 3.05) is 0 Å². The molecule has 4 aromatic rings. The van der Waals surface area contributed by atoms with Crippen LogP contribution in [-0.2, 0) is 6.54 Å². The first-order chi connectivity index (χ1) is 13.6. The Morgan fingerprint density at radius 2 is 1.89 bits per heavy atom. The fraction of sp³-hybridized carbons (Fsp3) is 0.136. The van der Waals surface area contributed by atoms with E-state index in [0.29, 0.717) is 6.54 Å². The first-order valence-corrected chi connectivity index (χ1v) is 8.90. The zero-order valence-corrected chi connectivity index (χ0v) is 15.6. The molecular formula is C22H18FN5. The van der Waals surface area contributed by atoms with Crippen molar-refractivity contribution in [3.63, 3.8) is 0 Å². The number of nitrogens with zero attached hydrogens (tertiary/aromatic N) is 5. The lowest BCUT2D eigenvalue weighted by atomic mass is 10.0. The van der Waals surface area contributed by atoms with E-state index in [1.165, 1.54) is 12.1 Å². The SMILES string of the molecule is Cc1nn(Cc2ccc(-n3cccn3)cc2)c(C)c1-c1ccc(C#N)c(F)c1. The lowest BCUT2D eigenvalue weighted by molar-refractivity contribution is 0.624. The van der Waals surface area contributed by atoms with Gasteiger partial charge in [-0.15, -0.1) is 0 Å². The van der Waals surface area contributed by atoms with Gasteiger partial charge in [-0.05, 0) is 55.3 Å². The second-order valence-corrected chi connectivity index (χ2v) is 6.63. The average molecular weight is 371 g/mol. The molecular weight excluding hydrogens is 353 g/mol. The van der Waals surface area contributed by atoms with Gasteiger partial charge in [0.2, 0.25) is 0 Å². The van der Waals surface area contributed by atoms with Crippen LogP contribution in [0.5, 0.6) is 0 Å². The Bertz CT molecular complexity index is 1170. The van der Waals surface area contributed by atoms with E-state index in [9.17, 15) is 4.39 Å². The summed E-state index contributed by atoms with van der Waals surface area (Å²) < 4.78 is 17.8. The predicted molar refractivity (Wildman–Crippen MR) is 104 cm³/mol. The minimum Gasteiger partial charge on any atom is -0.265 e. The minimum absolute atomic E-state index is 0.0451. The Labute approximate surface area is 162 Å². The highest BCUT2D eigenvalue weighted by Crippen LogP contribution is 2.28. The Balaban J connectivity index is 1.63. The van der Waals surface area contributed by atoms with Crippen molar-refractivity contribution >= 4 is 0 Å². The molecule has 5 nitrogen and oxygen atoms in total. The summed E-state index contributed by atoms with van der Waals surface area (Å²) in [6.45, 7) is 4.50. The van der Waals surface area contributed by atoms with Crippen LogP contribution in [0.4, 0.5) is 4.39 Å². The zero-order valence-electron chi connectivity index (χ0n) is 15.6. The summed E-state index contributed by atoms with van der Waals surface area (Å²) in [6, 6.07) is 16.6. The van der Waals surface area contributed by atoms with Crippen molar-refractivity contribution in [1.82, 2.24) is 19.6 Å². The van der Waals surface area contributed by atoms with Gasteiger partial charge in [-0.1, -0.05) is 18.2 Å². The van der Waals surface area contributed by atoms with E-state index < -0.39 is 5.82 Å². The maximum Gasteiger partial charge on any atom is 0.141 e. The molecule has 0 saturated carbocycles. The number of aromatic nitrogens is 4. The van der Waals surface area contributed by atoms with Crippen LogP contribution in [0.15, 0.2) is 60.9 Å². The highest BCUT2D eigenvalue weighted by Gasteiger charge is 2.15. The van der Waals surface area contributed by atoms with Crippen LogP contribution in [0.1, 0.15) is 22.5 Å². The van der Waals surface area contributed by atoms with Gasteiger partial charge in [0.05, 0.1) is 23.5 Å². The van der Waals surface area contributed by atoms with E-state index in [1.54, 1.807) is 12.3 Å². The number of hydrogen-bond acceptors (Lipinski definition) is 3. The predicted octanol–water partition coefficient (Wildman–Crippen LogP) is 4.41. The van der Waals surface area contributed by atoms with Crippen molar-refractivity contribution in [2.24, 2.45) is 0 Å². The summed E-state index contributed by atoms with van der Waals surface area (Å²) in [6.07, 6.45) is 3.65. The number of nitriles is 1. The summed E-state index contributed by atoms with van der Waals surface area (Å²) in [5.74, 6) is -0.513. The summed E-state index contributed by atoms with van der Waals surface area (Å²) in [7, 11) is 0. The lowest BCUT2D eigenvalue weighted by Gasteiger charge is -2.08. The molecule has 0 fully saturated rings. The van der Waals surface area contributed by atoms with Crippen LogP contribution in [-0.4, -0.2) is 19.6 Å². The highest BCUT2D eigenvalue weighted by molar-refractivity contribution is 5.69. The highest BCUT2D eigenvalue weighted by atomic mass is 19.1. The van der Waals surface area contributed by atoms with Gasteiger partial charge in [0.1, 0.15) is 11.9 Å². The van der Waals surface area contributed by atoms with Gasteiger partial charge in [-0.3, -0.25) is 4.68 Å². The molecule has 138 valence electrons. The largest absolute Gasteiger partial charge is 0.265 e. The Kier molecular flexibility index (Phi) is 4.50. The first-order valence-electron chi connectivity index (χ1n) is 8.90. The van der Waals surface area contributed by atoms with E-state index in [1.807, 2.05) is 53.7 Å². The van der Waals surface area contributed by atoms with Crippen LogP contribution in [0, 0.1) is 31.0 Å². The molecule has 2 heterocycles. The fourth-order valence-electron chi connectivity index (χ4n) is 3.38. The topological polar surface area (TPSA) is 59.4 Å². The molecule has 0 spiro atoms. The monoisotopic (exact) mass is 371 g/mol. The molecule has 0 aliphatic heterocycles. The minimum atomic E-state index is -0.513. The van der Waals surface area contributed by atoms with Crippen LogP contribution in [0.25, 0.3) is 16.8 Å². The molecule has 0 radical (unpaired) electrons. The zero-order chi connectivity index (χ0) is 19.7. The summed E-state index contributed by atoms with van der Waals surface area (Å²) in [5.41, 5.74) is 5.56. The van der Waals surface area contributed by atoms with E-state index in [2.05, 4.69) is 22.3 Å². The van der Waals surface area contributed by atoms with Gasteiger partial charge in [0, 0.05) is 23.7 Å². The summed E-state index contributed by atoms with van der Waals surface area (Å²) >= 11 is 0. The molecule has 0 aliphatic rings. The normalized spacial score (nSPS) is 10.8. The van der Waals surface area contributed by atoms with Crippen LogP contribution < -0.4 is 0 Å². The van der Waals surface area contributed by atoms with Gasteiger partial charge in [-0.25, -0.2) is 9.07 Å². The molecule has 2 aromatic carbocycles. The summed E-state index contributed by atoms with van der Waals surface area (Å²) in [5, 5.41) is 17.8. The van der Waals surface area contributed by atoms with Crippen molar-refractivity contribution < 1.29 is 4.39 Å². The van der Waals surface area contributed by atoms with E-state index >= 15 is 0 Å². The van der Waals surface area contributed by atoms with Gasteiger partial charge >= 0.3 is 0 Å². The van der Waals surface area contributed by atoms with Gasteiger partial charge in [0.15, 0.2) is 0 Å². The standard InChI is InChI=1S/C22H18FN5/c1-15-22(18-6-7-19(13-24)21(23)12-18)16(2)28(26-15)14-17-4-8-20(9-5-17)27-11-3-10-25-27/h3-12H,14H2,1-2H3. The molecule has 0 unspecified atom stereocenters. The second-order valence-electron chi connectivity index (χ2n) is 6.63. The van der Waals surface area contributed by atoms with Crippen molar-refractivity contribution in [3.8, 4) is 22.9 Å². The van der Waals surface area contributed by atoms with E-state index in [4.69, 9.17) is 5.26 Å². The molecule has 4 rings (SSSR count). The third kappa shape index (κ3) is 3.19. The number of rotatable bonds is 4. The quantitative estimate of drug-likeness (QED) is 0.534. The molecule has 6 heteroatoms. The summed E-state index contributed by atoms with van der Waals surface area (Å²) in [4.78, 5) is 0. The van der Waals surface area contributed by atoms with Gasteiger partial charge in [0.25, 0.3) is 0 Å². The van der Waals surface area contributed by atoms with Crippen molar-refractivity contribution in [2.45, 2.75) is 20.4 Å². The third-order valence-electron chi connectivity index (χ3n) is 4.80. The van der Waals surface area contributed by atoms with Crippen molar-refractivity contribution in [1.29, 1.82) is 5.26 Å². The van der Waals surface area contributed by atoms with E-state index in [0.717, 1.165) is 33.8 Å². The number of hydrogen-bond donors (Lipinski definition) is 0. The van der Waals surface area contributed by atoms with Gasteiger partial charge < -0.3 is 0 Å². The van der Waals surface area contributed by atoms with Crippen LogP contribution >= 0.6 is 0 Å². The lowest BCUT2D eigenvalue weighted by Crippen LogP contribution is -2.04. The van der Waals surface area contributed by atoms with E-state index in [-0.39, 0.29) is 5.56 Å².